The van der Waals surface area contributed by atoms with E-state index in [4.69, 9.17) is 19.6 Å². The third kappa shape index (κ3) is 37000. The van der Waals surface area contributed by atoms with Gasteiger partial charge in [0.15, 0.2) is 0 Å². The van der Waals surface area contributed by atoms with Crippen LogP contribution in [0.25, 0.3) is 0 Å². The second-order valence-electron chi connectivity index (χ2n) is 0.476. The van der Waals surface area contributed by atoms with Gasteiger partial charge in [-0.1, -0.05) is 0 Å². The topological polar surface area (TPSA) is 81.3 Å². The molecule has 0 amide bonds. The normalized spacial score (nSPS) is 3.78. The molecular weight excluding hydrogens is 188 g/mol. The summed E-state index contributed by atoms with van der Waals surface area (Å²) in [5.41, 5.74) is 0. The second kappa shape index (κ2) is 24.3. The average molecular weight is 195 g/mol. The summed E-state index contributed by atoms with van der Waals surface area (Å²) in [5, 5.41) is 7.32. The van der Waals surface area contributed by atoms with Crippen LogP contribution in [0, 0.1) is 11.3 Å². The van der Waals surface area contributed by atoms with Crippen LogP contribution in [0.2, 0.25) is 0 Å². The Labute approximate surface area is 66.3 Å². The number of nitrogens with zero attached hydrogens (tertiary/aromatic N) is 1. The van der Waals surface area contributed by atoms with Gasteiger partial charge in [0, 0.05) is 11.5 Å². The summed E-state index contributed by atoms with van der Waals surface area (Å²) in [6.45, 7) is 1.43. The molecule has 0 atom stereocenters. The lowest BCUT2D eigenvalue weighted by atomic mass is 11.0. The lowest BCUT2D eigenvalue weighted by molar-refractivity contribution is 0.405. The Kier molecular flexibility index (Phi) is 62.0. The van der Waals surface area contributed by atoms with E-state index < -0.39 is 8.25 Å². The molecule has 0 fully saturated rings. The van der Waals surface area contributed by atoms with Crippen LogP contribution in [0.1, 0.15) is 6.92 Å². The number of hydrogen-bond acceptors (Lipinski definition) is 2. The van der Waals surface area contributed by atoms with Gasteiger partial charge in [0.1, 0.15) is 0 Å². The first kappa shape index (κ1) is 23.0. The van der Waals surface area contributed by atoms with Crippen LogP contribution in [-0.2, 0) is 4.57 Å². The number of hydrogen-bond donors (Lipinski definition) is 2. The highest BCUT2D eigenvalue weighted by Gasteiger charge is 1.93. The van der Waals surface area contributed by atoms with E-state index in [-0.39, 0.29) is 24.8 Å². The molecule has 56 valence electrons. The Morgan fingerprint density at radius 3 is 1.44 bits per heavy atom. The molecule has 0 heterocycles. The zero-order valence-electron chi connectivity index (χ0n) is 4.51. The van der Waals surface area contributed by atoms with Gasteiger partial charge in [-0.05, 0) is 0 Å². The van der Waals surface area contributed by atoms with Crippen molar-refractivity contribution >= 4 is 33.1 Å². The van der Waals surface area contributed by atoms with Gasteiger partial charge >= 0.3 is 8.25 Å². The van der Waals surface area contributed by atoms with Crippen molar-refractivity contribution in [1.82, 2.24) is 0 Å². The van der Waals surface area contributed by atoms with Crippen molar-refractivity contribution in [1.29, 1.82) is 5.26 Å². The molecule has 7 heteroatoms. The molecule has 0 spiro atoms. The molecular formula is C2H7Cl2NO3P+. The summed E-state index contributed by atoms with van der Waals surface area (Å²) >= 11 is 0. The van der Waals surface area contributed by atoms with Crippen molar-refractivity contribution < 1.29 is 14.4 Å². The van der Waals surface area contributed by atoms with Gasteiger partial charge < -0.3 is 0 Å². The third-order valence-corrected chi connectivity index (χ3v) is 0. The monoisotopic (exact) mass is 194 g/mol. The van der Waals surface area contributed by atoms with E-state index >= 15 is 0 Å². The maximum absolute atomic E-state index is 8.70. The molecule has 0 aromatic heterocycles. The molecule has 9 heavy (non-hydrogen) atoms. The minimum absolute atomic E-state index is 0. The summed E-state index contributed by atoms with van der Waals surface area (Å²) in [6, 6.07) is 1.75. The number of halogens is 2. The molecule has 0 saturated carbocycles. The summed E-state index contributed by atoms with van der Waals surface area (Å²) in [6.07, 6.45) is 0. The lowest BCUT2D eigenvalue weighted by Gasteiger charge is -1.34. The van der Waals surface area contributed by atoms with Crippen LogP contribution < -0.4 is 0 Å². The quantitative estimate of drug-likeness (QED) is 0.565. The fourth-order valence-corrected chi connectivity index (χ4v) is 0. The first-order valence-electron chi connectivity index (χ1n) is 1.31. The van der Waals surface area contributed by atoms with Crippen LogP contribution in [-0.4, -0.2) is 9.79 Å². The van der Waals surface area contributed by atoms with E-state index in [0.717, 1.165) is 0 Å². The van der Waals surface area contributed by atoms with Crippen LogP contribution in [0.3, 0.4) is 0 Å². The Morgan fingerprint density at radius 1 is 1.44 bits per heavy atom. The Hall–Kier alpha value is 0.0900. The molecule has 4 nitrogen and oxygen atoms in total. The van der Waals surface area contributed by atoms with E-state index in [1.807, 2.05) is 0 Å². The molecule has 0 bridgehead atoms. The van der Waals surface area contributed by atoms with Gasteiger partial charge in [-0.15, -0.1) is 34.6 Å². The van der Waals surface area contributed by atoms with Crippen LogP contribution in [0.5, 0.6) is 0 Å². The van der Waals surface area contributed by atoms with Gasteiger partial charge in [-0.3, -0.25) is 0 Å². The van der Waals surface area contributed by atoms with Crippen molar-refractivity contribution in [2.24, 2.45) is 0 Å². The van der Waals surface area contributed by atoms with Crippen molar-refractivity contribution in [3.63, 3.8) is 0 Å². The Bertz CT molecular complexity index is 88.3. The van der Waals surface area contributed by atoms with Crippen LogP contribution in [0.4, 0.5) is 0 Å². The maximum atomic E-state index is 8.70. The summed E-state index contributed by atoms with van der Waals surface area (Å²) in [7, 11) is -2.87. The molecule has 2 N–H and O–H groups in total. The SMILES string of the molecule is CC#N.Cl.Cl.O=[P+](O)O. The van der Waals surface area contributed by atoms with Crippen molar-refractivity contribution in [3.8, 4) is 6.07 Å². The second-order valence-corrected chi connectivity index (χ2v) is 0.982. The number of nitriles is 1. The predicted octanol–water partition coefficient (Wildman–Crippen LogP) is 1.00. The van der Waals surface area contributed by atoms with Gasteiger partial charge in [-0.25, -0.2) is 0 Å². The first-order valence-corrected chi connectivity index (χ1v) is 2.47. The van der Waals surface area contributed by atoms with E-state index in [0.29, 0.717) is 0 Å². The summed E-state index contributed by atoms with van der Waals surface area (Å²) in [4.78, 5) is 14.2. The average Bonchev–Trinajstić information content (AvgIpc) is 1.33. The highest BCUT2D eigenvalue weighted by molar-refractivity contribution is 7.30. The summed E-state index contributed by atoms with van der Waals surface area (Å²) < 4.78 is 8.70. The zero-order chi connectivity index (χ0) is 6.28. The maximum Gasteiger partial charge on any atom is 0.692 e. The fraction of sp³-hybridized carbons (Fsp3) is 0.500. The van der Waals surface area contributed by atoms with Crippen LogP contribution >= 0.6 is 33.1 Å². The van der Waals surface area contributed by atoms with Gasteiger partial charge in [0.05, 0.1) is 6.07 Å². The largest absolute Gasteiger partial charge is 0.692 e. The van der Waals surface area contributed by atoms with Crippen LogP contribution in [0.15, 0.2) is 0 Å². The van der Waals surface area contributed by atoms with E-state index in [2.05, 4.69) is 0 Å². The molecule has 0 rings (SSSR count). The van der Waals surface area contributed by atoms with Crippen molar-refractivity contribution in [2.45, 2.75) is 6.92 Å². The molecule has 0 aliphatic carbocycles. The van der Waals surface area contributed by atoms with E-state index in [1.165, 1.54) is 6.92 Å². The van der Waals surface area contributed by atoms with Gasteiger partial charge in [-0.2, -0.15) is 5.26 Å². The predicted molar refractivity (Wildman–Crippen MR) is 37.8 cm³/mol. The van der Waals surface area contributed by atoms with Gasteiger partial charge in [0.25, 0.3) is 0 Å². The molecule has 0 aromatic rings. The highest BCUT2D eigenvalue weighted by atomic mass is 35.5. The minimum atomic E-state index is -2.87. The van der Waals surface area contributed by atoms with E-state index in [1.54, 1.807) is 6.07 Å². The standard InChI is InChI=1S/C2H3N.2ClH.HO3P/c1-2-3;;;1-4(2)3/h1H3;2*1H;(H-,1,2,3)/p+1. The highest BCUT2D eigenvalue weighted by Crippen LogP contribution is 1.98. The molecule has 0 radical (unpaired) electrons. The zero-order valence-corrected chi connectivity index (χ0v) is 7.04. The molecule has 0 aliphatic heterocycles. The molecule has 0 saturated heterocycles. The molecule has 0 aromatic carbocycles. The Balaban J connectivity index is -0.0000000233. The summed E-state index contributed by atoms with van der Waals surface area (Å²) in [5.74, 6) is 0. The lowest BCUT2D eigenvalue weighted by Crippen LogP contribution is -1.38. The number of rotatable bonds is 0. The first-order chi connectivity index (χ1) is 3.15. The molecule has 0 aliphatic rings. The van der Waals surface area contributed by atoms with Gasteiger partial charge in [0.2, 0.25) is 0 Å². The fourth-order valence-electron chi connectivity index (χ4n) is 0. The van der Waals surface area contributed by atoms with E-state index in [9.17, 15) is 0 Å². The van der Waals surface area contributed by atoms with Crippen molar-refractivity contribution in [2.75, 3.05) is 0 Å². The Morgan fingerprint density at radius 2 is 1.44 bits per heavy atom. The third-order valence-electron chi connectivity index (χ3n) is 0. The van der Waals surface area contributed by atoms with Crippen molar-refractivity contribution in [3.05, 3.63) is 0 Å². The minimum Gasteiger partial charge on any atom is -0.199 e. The smallest absolute Gasteiger partial charge is 0.199 e. The molecule has 0 unspecified atom stereocenters.